The number of hydrogen-bond donors (Lipinski definition) is 0. The molecule has 2 nitrogen and oxygen atoms in total. The molecular formula is C17H32F2O2Si. The summed E-state index contributed by atoms with van der Waals surface area (Å²) in [5.41, 5.74) is -1.91. The second-order valence-electron chi connectivity index (χ2n) is 6.27. The molecule has 0 aromatic heterocycles. The molecule has 0 aliphatic heterocycles. The lowest BCUT2D eigenvalue weighted by atomic mass is 10.1. The SMILES string of the molecule is C=C(C)C(=O)OCCCCCCCCCCCCC(F)(F)[SiH3]. The summed E-state index contributed by atoms with van der Waals surface area (Å²) in [7, 11) is -0.0184. The van der Waals surface area contributed by atoms with Crippen molar-refractivity contribution in [3.63, 3.8) is 0 Å². The van der Waals surface area contributed by atoms with Crippen LogP contribution in [0.25, 0.3) is 0 Å². The Hall–Kier alpha value is -0.713. The lowest BCUT2D eigenvalue weighted by Crippen LogP contribution is -2.14. The number of unbranched alkanes of at least 4 members (excludes halogenated alkanes) is 9. The number of alkyl halides is 2. The molecule has 0 radical (unpaired) electrons. The highest BCUT2D eigenvalue weighted by atomic mass is 28.1. The fourth-order valence-electron chi connectivity index (χ4n) is 2.24. The molecule has 5 heteroatoms. The molecule has 0 saturated heterocycles. The van der Waals surface area contributed by atoms with Crippen molar-refractivity contribution in [3.8, 4) is 0 Å². The van der Waals surface area contributed by atoms with Gasteiger partial charge >= 0.3 is 5.97 Å². The zero-order valence-electron chi connectivity index (χ0n) is 14.3. The molecule has 0 spiro atoms. The Morgan fingerprint density at radius 1 is 0.955 bits per heavy atom. The van der Waals surface area contributed by atoms with Crippen LogP contribution in [0.15, 0.2) is 12.2 Å². The highest BCUT2D eigenvalue weighted by Gasteiger charge is 2.18. The zero-order chi connectivity index (χ0) is 16.8. The van der Waals surface area contributed by atoms with E-state index in [0.29, 0.717) is 18.6 Å². The Labute approximate surface area is 137 Å². The maximum atomic E-state index is 12.6. The van der Waals surface area contributed by atoms with Gasteiger partial charge in [-0.1, -0.05) is 57.9 Å². The highest BCUT2D eigenvalue weighted by molar-refractivity contribution is 6.13. The minimum Gasteiger partial charge on any atom is -0.462 e. The van der Waals surface area contributed by atoms with Gasteiger partial charge < -0.3 is 4.74 Å². The molecule has 0 aromatic rings. The van der Waals surface area contributed by atoms with Gasteiger partial charge in [0.1, 0.15) is 0 Å². The van der Waals surface area contributed by atoms with Crippen LogP contribution in [0.4, 0.5) is 8.78 Å². The first-order chi connectivity index (χ1) is 10.3. The summed E-state index contributed by atoms with van der Waals surface area (Å²) in [6, 6.07) is 0. The van der Waals surface area contributed by atoms with Gasteiger partial charge in [-0.25, -0.2) is 13.6 Å². The van der Waals surface area contributed by atoms with E-state index in [1.807, 2.05) is 0 Å². The Kier molecular flexibility index (Phi) is 12.4. The van der Waals surface area contributed by atoms with Gasteiger partial charge in [-0.3, -0.25) is 0 Å². The van der Waals surface area contributed by atoms with Crippen molar-refractivity contribution in [2.75, 3.05) is 6.61 Å². The first-order valence-corrected chi connectivity index (χ1v) is 9.53. The van der Waals surface area contributed by atoms with E-state index in [0.717, 1.165) is 38.5 Å². The van der Waals surface area contributed by atoms with E-state index < -0.39 is 5.55 Å². The van der Waals surface area contributed by atoms with Crippen molar-refractivity contribution >= 4 is 16.2 Å². The van der Waals surface area contributed by atoms with Crippen LogP contribution in [0.5, 0.6) is 0 Å². The maximum Gasteiger partial charge on any atom is 0.333 e. The molecule has 0 saturated carbocycles. The van der Waals surface area contributed by atoms with E-state index in [1.165, 1.54) is 19.3 Å². The molecule has 0 amide bonds. The van der Waals surface area contributed by atoms with Gasteiger partial charge in [0.2, 0.25) is 5.55 Å². The van der Waals surface area contributed by atoms with E-state index in [-0.39, 0.29) is 22.6 Å². The minimum atomic E-state index is -2.36. The average Bonchev–Trinajstić information content (AvgIpc) is 2.42. The molecular weight excluding hydrogens is 302 g/mol. The summed E-state index contributed by atoms with van der Waals surface area (Å²) in [5.74, 6) is -0.303. The monoisotopic (exact) mass is 334 g/mol. The summed E-state index contributed by atoms with van der Waals surface area (Å²) < 4.78 is 30.3. The highest BCUT2D eigenvalue weighted by Crippen LogP contribution is 2.18. The fourth-order valence-corrected chi connectivity index (χ4v) is 2.59. The number of esters is 1. The van der Waals surface area contributed by atoms with Crippen LogP contribution in [0.2, 0.25) is 0 Å². The standard InChI is InChI=1S/C17H32F2O2Si/c1-15(2)16(20)21-14-12-10-8-6-4-3-5-7-9-11-13-17(18,19)22/h1,3-14H2,2,22H3. The van der Waals surface area contributed by atoms with Crippen molar-refractivity contribution in [1.82, 2.24) is 0 Å². The zero-order valence-corrected chi connectivity index (χ0v) is 16.3. The van der Waals surface area contributed by atoms with Crippen molar-refractivity contribution < 1.29 is 18.3 Å². The topological polar surface area (TPSA) is 26.3 Å². The molecule has 22 heavy (non-hydrogen) atoms. The molecule has 0 fully saturated rings. The first kappa shape index (κ1) is 21.3. The van der Waals surface area contributed by atoms with Crippen LogP contribution in [-0.4, -0.2) is 28.4 Å². The van der Waals surface area contributed by atoms with E-state index in [9.17, 15) is 13.6 Å². The predicted molar refractivity (Wildman–Crippen MR) is 91.4 cm³/mol. The summed E-state index contributed by atoms with van der Waals surface area (Å²) in [6.07, 6.45) is 10.7. The number of carbonyl (C=O) groups is 1. The fraction of sp³-hybridized carbons (Fsp3) is 0.824. The summed E-state index contributed by atoms with van der Waals surface area (Å²) in [5, 5.41) is 0. The number of rotatable bonds is 14. The molecule has 130 valence electrons. The van der Waals surface area contributed by atoms with Crippen molar-refractivity contribution in [3.05, 3.63) is 12.2 Å². The van der Waals surface area contributed by atoms with Crippen molar-refractivity contribution in [2.45, 2.75) is 83.1 Å². The Balaban J connectivity index is 3.15. The lowest BCUT2D eigenvalue weighted by molar-refractivity contribution is -0.139. The maximum absolute atomic E-state index is 12.6. The second kappa shape index (κ2) is 12.8. The van der Waals surface area contributed by atoms with Crippen molar-refractivity contribution in [1.29, 1.82) is 0 Å². The molecule has 0 heterocycles. The quantitative estimate of drug-likeness (QED) is 0.204. The Bertz CT molecular complexity index is 314. The molecule has 0 aliphatic carbocycles. The third-order valence-electron chi connectivity index (χ3n) is 3.59. The largest absolute Gasteiger partial charge is 0.462 e. The number of halogens is 2. The summed E-state index contributed by atoms with van der Waals surface area (Å²) in [6.45, 7) is 5.67. The van der Waals surface area contributed by atoms with Gasteiger partial charge in [0.15, 0.2) is 0 Å². The van der Waals surface area contributed by atoms with E-state index >= 15 is 0 Å². The smallest absolute Gasteiger partial charge is 0.333 e. The third-order valence-corrected chi connectivity index (χ3v) is 4.09. The predicted octanol–water partition coefficient (Wildman–Crippen LogP) is 4.36. The number of carbonyl (C=O) groups excluding carboxylic acids is 1. The third kappa shape index (κ3) is 15.7. The van der Waals surface area contributed by atoms with Gasteiger partial charge in [0.05, 0.1) is 16.8 Å². The van der Waals surface area contributed by atoms with Gasteiger partial charge in [0, 0.05) is 12.0 Å². The minimum absolute atomic E-state index is 0.0184. The normalized spacial score (nSPS) is 11.6. The summed E-state index contributed by atoms with van der Waals surface area (Å²) >= 11 is 0. The number of ether oxygens (including phenoxy) is 1. The van der Waals surface area contributed by atoms with Gasteiger partial charge in [-0.05, 0) is 19.8 Å². The average molecular weight is 335 g/mol. The lowest BCUT2D eigenvalue weighted by Gasteiger charge is -2.09. The van der Waals surface area contributed by atoms with Crippen LogP contribution in [0.1, 0.15) is 77.6 Å². The molecule has 0 N–H and O–H groups in total. The first-order valence-electron chi connectivity index (χ1n) is 8.53. The molecule has 0 atom stereocenters. The van der Waals surface area contributed by atoms with Crippen LogP contribution < -0.4 is 0 Å². The summed E-state index contributed by atoms with van der Waals surface area (Å²) in [4.78, 5) is 11.1. The Morgan fingerprint density at radius 2 is 1.36 bits per heavy atom. The van der Waals surface area contributed by atoms with Crippen LogP contribution >= 0.6 is 0 Å². The Morgan fingerprint density at radius 3 is 1.77 bits per heavy atom. The van der Waals surface area contributed by atoms with E-state index in [1.54, 1.807) is 6.92 Å². The molecule has 0 rings (SSSR count). The molecule has 0 aliphatic rings. The number of hydrogen-bond acceptors (Lipinski definition) is 2. The van der Waals surface area contributed by atoms with Gasteiger partial charge in [0.25, 0.3) is 0 Å². The van der Waals surface area contributed by atoms with E-state index in [4.69, 9.17) is 4.74 Å². The van der Waals surface area contributed by atoms with Crippen molar-refractivity contribution in [2.24, 2.45) is 0 Å². The van der Waals surface area contributed by atoms with Gasteiger partial charge in [-0.2, -0.15) is 0 Å². The van der Waals surface area contributed by atoms with Crippen LogP contribution in [-0.2, 0) is 9.53 Å². The molecule has 0 aromatic carbocycles. The second-order valence-corrected chi connectivity index (χ2v) is 7.74. The molecule has 0 bridgehead atoms. The van der Waals surface area contributed by atoms with Crippen LogP contribution in [0, 0.1) is 0 Å². The molecule has 0 unspecified atom stereocenters. The van der Waals surface area contributed by atoms with Crippen LogP contribution in [0.3, 0.4) is 0 Å². The van der Waals surface area contributed by atoms with E-state index in [2.05, 4.69) is 6.58 Å². The van der Waals surface area contributed by atoms with Gasteiger partial charge in [-0.15, -0.1) is 0 Å².